The second kappa shape index (κ2) is 7.21. The number of fused-ring (bicyclic) bond motifs is 1. The summed E-state index contributed by atoms with van der Waals surface area (Å²) in [6.07, 6.45) is 1.76. The Morgan fingerprint density at radius 1 is 1.31 bits per heavy atom. The van der Waals surface area contributed by atoms with Gasteiger partial charge in [0.1, 0.15) is 0 Å². The lowest BCUT2D eigenvalue weighted by Crippen LogP contribution is -2.37. The number of hydrogen-bond acceptors (Lipinski definition) is 5. The largest absolute Gasteiger partial charge is 0.378 e. The number of carbonyl (C=O) groups excluding carboxylic acids is 1. The number of ether oxygens (including phenoxy) is 1. The molecule has 1 fully saturated rings. The number of allylic oxidation sites excluding steroid dienone is 1. The van der Waals surface area contributed by atoms with E-state index in [1.54, 1.807) is 7.05 Å². The Hall–Kier alpha value is -1.58. The average Bonchev–Trinajstić information content (AvgIpc) is 2.98. The van der Waals surface area contributed by atoms with Crippen LogP contribution in [-0.4, -0.2) is 65.9 Å². The molecule has 1 aliphatic heterocycles. The number of halogens is 1. The molecule has 0 radical (unpaired) electrons. The fourth-order valence-electron chi connectivity index (χ4n) is 3.31. The molecular weight excluding hydrogens is 422 g/mol. The molecule has 142 valence electrons. The van der Waals surface area contributed by atoms with E-state index in [0.29, 0.717) is 35.4 Å². The van der Waals surface area contributed by atoms with Gasteiger partial charge in [0.05, 0.1) is 30.7 Å². The molecule has 0 aromatic heterocycles. The van der Waals surface area contributed by atoms with Crippen LogP contribution in [0.3, 0.4) is 0 Å². The van der Waals surface area contributed by atoms with Crippen LogP contribution < -0.4 is 9.62 Å². The van der Waals surface area contributed by atoms with Crippen molar-refractivity contribution in [1.82, 2.24) is 10.2 Å². The van der Waals surface area contributed by atoms with Crippen LogP contribution in [0.25, 0.3) is 5.57 Å². The summed E-state index contributed by atoms with van der Waals surface area (Å²) >= 11 is 3.46. The van der Waals surface area contributed by atoms with Gasteiger partial charge in [-0.15, -0.1) is 0 Å². The molecule has 0 bridgehead atoms. The maximum Gasteiger partial charge on any atom is 0.253 e. The molecule has 0 atom stereocenters. The lowest BCUT2D eigenvalue weighted by atomic mass is 10.0. The molecule has 1 aliphatic carbocycles. The van der Waals surface area contributed by atoms with Gasteiger partial charge in [-0.2, -0.15) is 0 Å². The van der Waals surface area contributed by atoms with Gasteiger partial charge in [0.2, 0.25) is 10.0 Å². The first-order valence-corrected chi connectivity index (χ1v) is 10.9. The van der Waals surface area contributed by atoms with Crippen molar-refractivity contribution in [2.24, 2.45) is 0 Å². The Kier molecular flexibility index (Phi) is 5.32. The SMILES string of the molecule is CNC(=O)C1=C(N2CCOCC2)Cc2cc(N(C)S(C)(=O)=O)c(Br)cc21. The Morgan fingerprint density at radius 3 is 2.54 bits per heavy atom. The van der Waals surface area contributed by atoms with Crippen molar-refractivity contribution in [1.29, 1.82) is 0 Å². The van der Waals surface area contributed by atoms with E-state index in [2.05, 4.69) is 26.1 Å². The van der Waals surface area contributed by atoms with E-state index < -0.39 is 10.0 Å². The Bertz CT molecular complexity index is 876. The quantitative estimate of drug-likeness (QED) is 0.755. The minimum atomic E-state index is -3.38. The molecule has 7 nitrogen and oxygen atoms in total. The predicted octanol–water partition coefficient (Wildman–Crippen LogP) is 1.19. The summed E-state index contributed by atoms with van der Waals surface area (Å²) in [4.78, 5) is 14.8. The van der Waals surface area contributed by atoms with Crippen LogP contribution >= 0.6 is 15.9 Å². The Labute approximate surface area is 162 Å². The summed E-state index contributed by atoms with van der Waals surface area (Å²) in [6, 6.07) is 3.68. The zero-order valence-electron chi connectivity index (χ0n) is 15.0. The smallest absolute Gasteiger partial charge is 0.253 e. The van der Waals surface area contributed by atoms with Gasteiger partial charge in [-0.3, -0.25) is 9.10 Å². The molecule has 2 aliphatic rings. The standard InChI is InChI=1S/C17H22BrN3O4S/c1-19-17(22)16-12-10-13(18)14(20(2)26(3,23)24)8-11(12)9-15(16)21-4-6-25-7-5-21/h8,10H,4-7,9H2,1-3H3,(H,19,22). The highest BCUT2D eigenvalue weighted by atomic mass is 79.9. The maximum atomic E-state index is 12.6. The zero-order chi connectivity index (χ0) is 19.1. The normalized spacial score (nSPS) is 17.3. The summed E-state index contributed by atoms with van der Waals surface area (Å²) in [5.74, 6) is -0.138. The zero-order valence-corrected chi connectivity index (χ0v) is 17.4. The lowest BCUT2D eigenvalue weighted by Gasteiger charge is -2.30. The van der Waals surface area contributed by atoms with Crippen LogP contribution in [0.15, 0.2) is 22.3 Å². The highest BCUT2D eigenvalue weighted by Gasteiger charge is 2.32. The fourth-order valence-corrected chi connectivity index (χ4v) is 4.54. The molecule has 3 rings (SSSR count). The number of rotatable bonds is 4. The fraction of sp³-hybridized carbons (Fsp3) is 0.471. The number of nitrogens with one attached hydrogen (secondary N) is 1. The molecule has 9 heteroatoms. The van der Waals surface area contributed by atoms with E-state index in [0.717, 1.165) is 29.9 Å². The number of carbonyl (C=O) groups is 1. The molecule has 1 heterocycles. The van der Waals surface area contributed by atoms with Crippen molar-refractivity contribution in [2.75, 3.05) is 51.0 Å². The third-order valence-electron chi connectivity index (χ3n) is 4.77. The minimum absolute atomic E-state index is 0.138. The van der Waals surface area contributed by atoms with Crippen LogP contribution in [0.2, 0.25) is 0 Å². The van der Waals surface area contributed by atoms with Crippen LogP contribution in [0.4, 0.5) is 5.69 Å². The van der Waals surface area contributed by atoms with Crippen LogP contribution in [-0.2, 0) is 26.0 Å². The van der Waals surface area contributed by atoms with Gasteiger partial charge in [0.25, 0.3) is 5.91 Å². The average molecular weight is 444 g/mol. The van der Waals surface area contributed by atoms with Crippen molar-refractivity contribution in [3.05, 3.63) is 33.4 Å². The third-order valence-corrected chi connectivity index (χ3v) is 6.60. The molecule has 1 amide bonds. The van der Waals surface area contributed by atoms with Gasteiger partial charge in [0, 0.05) is 43.8 Å². The van der Waals surface area contributed by atoms with Crippen molar-refractivity contribution >= 4 is 43.1 Å². The van der Waals surface area contributed by atoms with E-state index in [-0.39, 0.29) is 5.91 Å². The molecule has 0 unspecified atom stereocenters. The van der Waals surface area contributed by atoms with E-state index in [1.165, 1.54) is 17.6 Å². The van der Waals surface area contributed by atoms with Gasteiger partial charge in [-0.25, -0.2) is 8.42 Å². The van der Waals surface area contributed by atoms with E-state index in [4.69, 9.17) is 4.74 Å². The first-order valence-electron chi connectivity index (χ1n) is 8.28. The summed E-state index contributed by atoms with van der Waals surface area (Å²) < 4.78 is 31.1. The number of sulfonamides is 1. The second-order valence-electron chi connectivity index (χ2n) is 6.37. The molecule has 0 saturated carbocycles. The summed E-state index contributed by atoms with van der Waals surface area (Å²) in [7, 11) is -0.244. The van der Waals surface area contributed by atoms with Crippen LogP contribution in [0, 0.1) is 0 Å². The number of likely N-dealkylation sites (N-methyl/N-ethyl adjacent to an activating group) is 1. The first kappa shape index (κ1) is 19.2. The second-order valence-corrected chi connectivity index (χ2v) is 9.24. The molecule has 1 aromatic rings. The van der Waals surface area contributed by atoms with Crippen LogP contribution in [0.1, 0.15) is 11.1 Å². The lowest BCUT2D eigenvalue weighted by molar-refractivity contribution is -0.115. The highest BCUT2D eigenvalue weighted by Crippen LogP contribution is 2.40. The highest BCUT2D eigenvalue weighted by molar-refractivity contribution is 9.10. The van der Waals surface area contributed by atoms with Gasteiger partial charge < -0.3 is 15.0 Å². The topological polar surface area (TPSA) is 79.0 Å². The summed E-state index contributed by atoms with van der Waals surface area (Å²) in [5.41, 5.74) is 3.96. The van der Waals surface area contributed by atoms with E-state index in [9.17, 15) is 13.2 Å². The number of morpholine rings is 1. The van der Waals surface area contributed by atoms with Crippen molar-refractivity contribution in [2.45, 2.75) is 6.42 Å². The number of hydrogen-bond donors (Lipinski definition) is 1. The molecule has 0 spiro atoms. The maximum absolute atomic E-state index is 12.6. The number of nitrogens with zero attached hydrogens (tertiary/aromatic N) is 2. The van der Waals surface area contributed by atoms with Gasteiger partial charge in [-0.05, 0) is 39.2 Å². The van der Waals surface area contributed by atoms with Crippen LogP contribution in [0.5, 0.6) is 0 Å². The van der Waals surface area contributed by atoms with Gasteiger partial charge >= 0.3 is 0 Å². The molecule has 26 heavy (non-hydrogen) atoms. The first-order chi connectivity index (χ1) is 12.2. The van der Waals surface area contributed by atoms with Gasteiger partial charge in [0.15, 0.2) is 0 Å². The number of benzene rings is 1. The summed E-state index contributed by atoms with van der Waals surface area (Å²) in [5, 5.41) is 2.72. The van der Waals surface area contributed by atoms with Crippen molar-refractivity contribution in [3.8, 4) is 0 Å². The number of anilines is 1. The third kappa shape index (κ3) is 3.47. The molecule has 1 aromatic carbocycles. The predicted molar refractivity (Wildman–Crippen MR) is 104 cm³/mol. The van der Waals surface area contributed by atoms with E-state index in [1.807, 2.05) is 12.1 Å². The molecule has 1 N–H and O–H groups in total. The molecule has 1 saturated heterocycles. The monoisotopic (exact) mass is 443 g/mol. The van der Waals surface area contributed by atoms with Gasteiger partial charge in [-0.1, -0.05) is 0 Å². The van der Waals surface area contributed by atoms with E-state index >= 15 is 0 Å². The number of amides is 1. The molecular formula is C17H22BrN3O4S. The Balaban J connectivity index is 2.07. The van der Waals surface area contributed by atoms with Crippen molar-refractivity contribution in [3.63, 3.8) is 0 Å². The Morgan fingerprint density at radius 2 is 1.96 bits per heavy atom. The van der Waals surface area contributed by atoms with Crippen molar-refractivity contribution < 1.29 is 17.9 Å². The summed E-state index contributed by atoms with van der Waals surface area (Å²) in [6.45, 7) is 2.74. The minimum Gasteiger partial charge on any atom is -0.378 e.